The van der Waals surface area contributed by atoms with Crippen molar-refractivity contribution >= 4 is 38.2 Å². The van der Waals surface area contributed by atoms with Crippen LogP contribution in [-0.4, -0.2) is 39.5 Å². The van der Waals surface area contributed by atoms with Crippen molar-refractivity contribution in [2.45, 2.75) is 13.5 Å². The third-order valence-electron chi connectivity index (χ3n) is 5.33. The first-order valence-corrected chi connectivity index (χ1v) is 11.1. The molecule has 0 atom stereocenters. The molecule has 166 valence electrons. The first kappa shape index (κ1) is 20.9. The van der Waals surface area contributed by atoms with Gasteiger partial charge in [-0.1, -0.05) is 23.5 Å². The van der Waals surface area contributed by atoms with Crippen LogP contribution in [0.15, 0.2) is 60.9 Å². The van der Waals surface area contributed by atoms with Gasteiger partial charge < -0.3 is 9.47 Å². The number of hydrogen-bond donors (Lipinski definition) is 0. The van der Waals surface area contributed by atoms with E-state index in [1.165, 1.54) is 11.3 Å². The highest BCUT2D eigenvalue weighted by atomic mass is 32.1. The van der Waals surface area contributed by atoms with Gasteiger partial charge in [0.2, 0.25) is 0 Å². The summed E-state index contributed by atoms with van der Waals surface area (Å²) in [5.41, 5.74) is 3.23. The van der Waals surface area contributed by atoms with Gasteiger partial charge in [-0.15, -0.1) is 0 Å². The Morgan fingerprint density at radius 2 is 1.82 bits per heavy atom. The molecule has 8 nitrogen and oxygen atoms in total. The molecular formula is C24H21N5O3S. The second-order valence-electron chi connectivity index (χ2n) is 7.33. The number of amides is 1. The lowest BCUT2D eigenvalue weighted by atomic mass is 10.2. The minimum absolute atomic E-state index is 0.214. The summed E-state index contributed by atoms with van der Waals surface area (Å²) in [6.07, 6.45) is 3.55. The zero-order chi connectivity index (χ0) is 22.9. The lowest BCUT2D eigenvalue weighted by Gasteiger charge is -2.19. The van der Waals surface area contributed by atoms with E-state index in [4.69, 9.17) is 14.5 Å². The van der Waals surface area contributed by atoms with Crippen LogP contribution in [0.4, 0.5) is 5.13 Å². The van der Waals surface area contributed by atoms with Crippen molar-refractivity contribution in [2.75, 3.05) is 19.1 Å². The third-order valence-corrected chi connectivity index (χ3v) is 6.42. The fraction of sp³-hybridized carbons (Fsp3) is 0.167. The lowest BCUT2D eigenvalue weighted by molar-refractivity contribution is 0.0978. The lowest BCUT2D eigenvalue weighted by Crippen LogP contribution is -2.32. The van der Waals surface area contributed by atoms with E-state index in [1.807, 2.05) is 61.7 Å². The molecular weight excluding hydrogens is 438 g/mol. The highest BCUT2D eigenvalue weighted by Gasteiger charge is 2.28. The van der Waals surface area contributed by atoms with E-state index in [0.717, 1.165) is 10.4 Å². The van der Waals surface area contributed by atoms with E-state index < -0.39 is 0 Å². The molecule has 0 aliphatic heterocycles. The summed E-state index contributed by atoms with van der Waals surface area (Å²) in [4.78, 5) is 29.4. The third kappa shape index (κ3) is 3.66. The number of methoxy groups -OCH3 is 2. The Bertz CT molecular complexity index is 1420. The van der Waals surface area contributed by atoms with E-state index in [0.29, 0.717) is 39.2 Å². The van der Waals surface area contributed by atoms with E-state index >= 15 is 0 Å². The zero-order valence-corrected chi connectivity index (χ0v) is 19.2. The Kier molecular flexibility index (Phi) is 5.39. The molecule has 1 aromatic carbocycles. The monoisotopic (exact) mass is 459 g/mol. The number of carbonyl (C=O) groups excluding carboxylic acids is 1. The molecule has 0 fully saturated rings. The quantitative estimate of drug-likeness (QED) is 0.372. The van der Waals surface area contributed by atoms with Gasteiger partial charge in [-0.05, 0) is 43.3 Å². The van der Waals surface area contributed by atoms with Crippen LogP contribution < -0.4 is 14.4 Å². The normalized spacial score (nSPS) is 11.1. The van der Waals surface area contributed by atoms with Crippen LogP contribution in [0.5, 0.6) is 11.5 Å². The maximum absolute atomic E-state index is 14.0. The summed E-state index contributed by atoms with van der Waals surface area (Å²) in [6, 6.07) is 14.9. The molecule has 4 heterocycles. The molecule has 0 N–H and O–H groups in total. The van der Waals surface area contributed by atoms with Crippen molar-refractivity contribution in [1.82, 2.24) is 19.4 Å². The second-order valence-corrected chi connectivity index (χ2v) is 8.31. The average molecular weight is 460 g/mol. The van der Waals surface area contributed by atoms with Gasteiger partial charge in [-0.2, -0.15) is 0 Å². The predicted octanol–water partition coefficient (Wildman–Crippen LogP) is 4.51. The number of imidazole rings is 1. The molecule has 0 saturated heterocycles. The number of aromatic nitrogens is 4. The largest absolute Gasteiger partial charge is 0.495 e. The number of hydrogen-bond acceptors (Lipinski definition) is 7. The molecule has 0 unspecified atom stereocenters. The Hall–Kier alpha value is -3.98. The minimum atomic E-state index is -0.214. The number of anilines is 1. The average Bonchev–Trinajstić information content (AvgIpc) is 3.43. The van der Waals surface area contributed by atoms with Gasteiger partial charge in [0.15, 0.2) is 5.13 Å². The van der Waals surface area contributed by atoms with Crippen LogP contribution in [0.2, 0.25) is 0 Å². The standard InChI is InChI=1S/C24H21N5O3S/c1-15-21(28-13-7-5-9-19(28)26-15)23(30)29(14-16-8-4-6-12-25-16)24-27-20-17(31-2)10-11-18(32-3)22(20)33-24/h4-13H,14H2,1-3H3. The van der Waals surface area contributed by atoms with Crippen molar-refractivity contribution in [2.24, 2.45) is 0 Å². The summed E-state index contributed by atoms with van der Waals surface area (Å²) in [5, 5.41) is 0.522. The Morgan fingerprint density at radius 1 is 1.03 bits per heavy atom. The molecule has 33 heavy (non-hydrogen) atoms. The van der Waals surface area contributed by atoms with Crippen molar-refractivity contribution in [3.05, 3.63) is 78.0 Å². The van der Waals surface area contributed by atoms with Gasteiger partial charge in [-0.3, -0.25) is 19.1 Å². The summed E-state index contributed by atoms with van der Waals surface area (Å²) >= 11 is 1.37. The number of rotatable bonds is 6. The van der Waals surface area contributed by atoms with E-state index in [9.17, 15) is 4.79 Å². The summed E-state index contributed by atoms with van der Waals surface area (Å²) in [7, 11) is 3.21. The fourth-order valence-electron chi connectivity index (χ4n) is 3.77. The van der Waals surface area contributed by atoms with Crippen LogP contribution >= 0.6 is 11.3 Å². The molecule has 0 bridgehead atoms. The highest BCUT2D eigenvalue weighted by Crippen LogP contribution is 2.40. The van der Waals surface area contributed by atoms with Gasteiger partial charge in [0, 0.05) is 12.4 Å². The second kappa shape index (κ2) is 8.51. The van der Waals surface area contributed by atoms with E-state index in [-0.39, 0.29) is 12.5 Å². The van der Waals surface area contributed by atoms with Gasteiger partial charge in [-0.25, -0.2) is 9.97 Å². The molecule has 1 amide bonds. The number of aryl methyl sites for hydroxylation is 1. The summed E-state index contributed by atoms with van der Waals surface area (Å²) < 4.78 is 13.6. The van der Waals surface area contributed by atoms with Gasteiger partial charge in [0.25, 0.3) is 5.91 Å². The van der Waals surface area contributed by atoms with Crippen LogP contribution in [0.1, 0.15) is 21.9 Å². The molecule has 0 aliphatic rings. The molecule has 5 aromatic rings. The van der Waals surface area contributed by atoms with Crippen molar-refractivity contribution in [1.29, 1.82) is 0 Å². The zero-order valence-electron chi connectivity index (χ0n) is 18.3. The van der Waals surface area contributed by atoms with Crippen LogP contribution in [-0.2, 0) is 6.54 Å². The molecule has 0 saturated carbocycles. The van der Waals surface area contributed by atoms with Crippen LogP contribution in [0.3, 0.4) is 0 Å². The van der Waals surface area contributed by atoms with Crippen molar-refractivity contribution < 1.29 is 14.3 Å². The van der Waals surface area contributed by atoms with Gasteiger partial charge in [0.05, 0.1) is 32.2 Å². The smallest absolute Gasteiger partial charge is 0.279 e. The molecule has 0 spiro atoms. The van der Waals surface area contributed by atoms with Crippen LogP contribution in [0, 0.1) is 6.92 Å². The number of carbonyl (C=O) groups is 1. The topological polar surface area (TPSA) is 81.9 Å². The number of fused-ring (bicyclic) bond motifs is 2. The number of thiazole rings is 1. The minimum Gasteiger partial charge on any atom is -0.495 e. The van der Waals surface area contributed by atoms with E-state index in [1.54, 1.807) is 29.7 Å². The fourth-order valence-corrected chi connectivity index (χ4v) is 4.84. The first-order valence-electron chi connectivity index (χ1n) is 10.3. The molecule has 0 aliphatic carbocycles. The van der Waals surface area contributed by atoms with Gasteiger partial charge >= 0.3 is 0 Å². The molecule has 9 heteroatoms. The van der Waals surface area contributed by atoms with Crippen molar-refractivity contribution in [3.63, 3.8) is 0 Å². The molecule has 4 aromatic heterocycles. The maximum atomic E-state index is 14.0. The number of ether oxygens (including phenoxy) is 2. The Balaban J connectivity index is 1.68. The number of pyridine rings is 2. The predicted molar refractivity (Wildman–Crippen MR) is 127 cm³/mol. The first-order chi connectivity index (χ1) is 16.1. The molecule has 5 rings (SSSR count). The Morgan fingerprint density at radius 3 is 2.58 bits per heavy atom. The summed E-state index contributed by atoms with van der Waals surface area (Å²) in [6.45, 7) is 2.09. The summed E-state index contributed by atoms with van der Waals surface area (Å²) in [5.74, 6) is 1.07. The number of nitrogens with zero attached hydrogens (tertiary/aromatic N) is 5. The highest BCUT2D eigenvalue weighted by molar-refractivity contribution is 7.22. The van der Waals surface area contributed by atoms with Crippen molar-refractivity contribution in [3.8, 4) is 11.5 Å². The maximum Gasteiger partial charge on any atom is 0.279 e. The molecule has 0 radical (unpaired) electrons. The van der Waals surface area contributed by atoms with Crippen LogP contribution in [0.25, 0.3) is 15.9 Å². The van der Waals surface area contributed by atoms with Gasteiger partial charge in [0.1, 0.15) is 33.1 Å². The van der Waals surface area contributed by atoms with E-state index in [2.05, 4.69) is 9.97 Å². The number of benzene rings is 1. The Labute approximate surface area is 194 Å². The SMILES string of the molecule is COc1ccc(OC)c2sc(N(Cc3ccccn3)C(=O)c3c(C)nc4ccccn34)nc12.